The summed E-state index contributed by atoms with van der Waals surface area (Å²) in [6.07, 6.45) is 0. The van der Waals surface area contributed by atoms with Gasteiger partial charge in [0.2, 0.25) is 0 Å². The van der Waals surface area contributed by atoms with Crippen molar-refractivity contribution in [2.24, 2.45) is 0 Å². The van der Waals surface area contributed by atoms with Crippen LogP contribution in [-0.4, -0.2) is 49.9 Å². The topological polar surface area (TPSA) is 220 Å². The Balaban J connectivity index is 2.02. The number of carboxylic acid groups (broad SMARTS) is 4. The molecule has 4 rings (SSSR count). The van der Waals surface area contributed by atoms with Gasteiger partial charge in [-0.2, -0.15) is 0 Å². The number of fused-ring (bicyclic) bond motifs is 1. The van der Waals surface area contributed by atoms with Crippen LogP contribution in [0.1, 0.15) is 17.0 Å². The zero-order valence-corrected chi connectivity index (χ0v) is 19.3. The summed E-state index contributed by atoms with van der Waals surface area (Å²) in [5.41, 5.74) is 5.97. The molecule has 3 aromatic rings. The van der Waals surface area contributed by atoms with E-state index in [0.29, 0.717) is 11.4 Å². The lowest BCUT2D eigenvalue weighted by Gasteiger charge is -2.40. The first-order valence-corrected chi connectivity index (χ1v) is 10.9. The van der Waals surface area contributed by atoms with Crippen LogP contribution in [-0.2, 0) is 19.2 Å². The van der Waals surface area contributed by atoms with Crippen LogP contribution in [0.25, 0.3) is 5.57 Å². The number of carboxylic acids is 4. The predicted octanol–water partition coefficient (Wildman–Crippen LogP) is 2.65. The number of nitrogens with two attached hydrogens (primary N) is 2. The van der Waals surface area contributed by atoms with Gasteiger partial charge in [-0.3, -0.25) is 4.79 Å². The van der Waals surface area contributed by atoms with Crippen molar-refractivity contribution in [3.63, 3.8) is 0 Å². The minimum Gasteiger partial charge on any atom is -0.481 e. The number of rotatable bonds is 8. The molecule has 12 heteroatoms. The average molecular weight is 520 g/mol. The molecular formula is C26H20N2O10. The molecule has 1 aliphatic carbocycles. The smallest absolute Gasteiger partial charge is 0.354 e. The molecule has 1 aliphatic rings. The molecule has 0 saturated carbocycles. The minimum absolute atomic E-state index is 0.0232. The highest BCUT2D eigenvalue weighted by Gasteiger charge is 2.63. The summed E-state index contributed by atoms with van der Waals surface area (Å²) in [7, 11) is 0. The van der Waals surface area contributed by atoms with Crippen molar-refractivity contribution in [3.8, 4) is 17.2 Å². The van der Waals surface area contributed by atoms with Crippen LogP contribution in [0, 0.1) is 0 Å². The van der Waals surface area contributed by atoms with E-state index < -0.39 is 46.5 Å². The first-order valence-electron chi connectivity index (χ1n) is 10.9. The Hall–Kier alpha value is -5.52. The first kappa shape index (κ1) is 25.6. The summed E-state index contributed by atoms with van der Waals surface area (Å²) in [5.74, 6) is -9.75. The number of aliphatic carboxylic acids is 4. The van der Waals surface area contributed by atoms with Crippen LogP contribution < -0.4 is 20.9 Å². The first-order chi connectivity index (χ1) is 18.0. The van der Waals surface area contributed by atoms with Gasteiger partial charge in [0.1, 0.15) is 28.7 Å². The Morgan fingerprint density at radius 3 is 1.71 bits per heavy atom. The summed E-state index contributed by atoms with van der Waals surface area (Å²) in [6, 6.07) is 14.8. The fourth-order valence-corrected chi connectivity index (χ4v) is 4.33. The van der Waals surface area contributed by atoms with Gasteiger partial charge in [0.25, 0.3) is 5.60 Å². The molecule has 0 fully saturated rings. The van der Waals surface area contributed by atoms with Crippen molar-refractivity contribution in [1.82, 2.24) is 0 Å². The second-order valence-corrected chi connectivity index (χ2v) is 8.26. The van der Waals surface area contributed by atoms with E-state index in [9.17, 15) is 39.6 Å². The SMILES string of the molecule is Nc1ccc(Oc2ccc3c(c2)C(C(=O)O)C(Oc2ccc(N)cc2)(C(=O)O)C(C(=O)O)=C3C(=O)O)cc1. The maximum Gasteiger partial charge on any atom is 0.354 e. The van der Waals surface area contributed by atoms with E-state index >= 15 is 0 Å². The van der Waals surface area contributed by atoms with Crippen LogP contribution in [0.4, 0.5) is 11.4 Å². The molecule has 0 aliphatic heterocycles. The second-order valence-electron chi connectivity index (χ2n) is 8.26. The van der Waals surface area contributed by atoms with E-state index in [1.165, 1.54) is 42.5 Å². The maximum atomic E-state index is 12.8. The van der Waals surface area contributed by atoms with Gasteiger partial charge in [0, 0.05) is 11.4 Å². The zero-order valence-electron chi connectivity index (χ0n) is 19.3. The van der Waals surface area contributed by atoms with E-state index in [-0.39, 0.29) is 28.3 Å². The van der Waals surface area contributed by atoms with Crippen molar-refractivity contribution in [2.45, 2.75) is 11.5 Å². The molecule has 0 spiro atoms. The fourth-order valence-electron chi connectivity index (χ4n) is 4.33. The summed E-state index contributed by atoms with van der Waals surface area (Å²) < 4.78 is 11.4. The Kier molecular flexibility index (Phi) is 6.39. The van der Waals surface area contributed by atoms with Gasteiger partial charge in [-0.05, 0) is 71.8 Å². The van der Waals surface area contributed by atoms with E-state index in [4.69, 9.17) is 20.9 Å². The van der Waals surface area contributed by atoms with Gasteiger partial charge in [0.15, 0.2) is 0 Å². The van der Waals surface area contributed by atoms with Crippen molar-refractivity contribution in [2.75, 3.05) is 11.5 Å². The average Bonchev–Trinajstić information content (AvgIpc) is 2.85. The second kappa shape index (κ2) is 9.50. The Morgan fingerprint density at radius 2 is 1.24 bits per heavy atom. The van der Waals surface area contributed by atoms with E-state index in [0.717, 1.165) is 12.1 Å². The molecule has 2 unspecified atom stereocenters. The summed E-state index contributed by atoms with van der Waals surface area (Å²) in [5, 5.41) is 40.6. The molecule has 3 aromatic carbocycles. The zero-order chi connectivity index (χ0) is 27.8. The highest BCUT2D eigenvalue weighted by molar-refractivity contribution is 6.26. The molecule has 12 nitrogen and oxygen atoms in total. The van der Waals surface area contributed by atoms with Gasteiger partial charge in [-0.15, -0.1) is 0 Å². The summed E-state index contributed by atoms with van der Waals surface area (Å²) >= 11 is 0. The Bertz CT molecular complexity index is 1500. The van der Waals surface area contributed by atoms with Crippen molar-refractivity contribution in [1.29, 1.82) is 0 Å². The van der Waals surface area contributed by atoms with Gasteiger partial charge in [0.05, 0.1) is 5.57 Å². The number of carbonyl (C=O) groups is 4. The third kappa shape index (κ3) is 4.30. The van der Waals surface area contributed by atoms with Crippen LogP contribution in [0.2, 0.25) is 0 Å². The normalized spacial score (nSPS) is 18.3. The molecule has 0 amide bonds. The molecule has 8 N–H and O–H groups in total. The molecular weight excluding hydrogens is 500 g/mol. The number of hydrogen-bond acceptors (Lipinski definition) is 8. The van der Waals surface area contributed by atoms with Gasteiger partial charge < -0.3 is 41.4 Å². The molecule has 0 bridgehead atoms. The van der Waals surface area contributed by atoms with Crippen LogP contribution in [0.3, 0.4) is 0 Å². The summed E-state index contributed by atoms with van der Waals surface area (Å²) in [4.78, 5) is 50.3. The number of hydrogen-bond donors (Lipinski definition) is 6. The van der Waals surface area contributed by atoms with Crippen LogP contribution >= 0.6 is 0 Å². The van der Waals surface area contributed by atoms with Crippen molar-refractivity contribution < 1.29 is 49.1 Å². The lowest BCUT2D eigenvalue weighted by Crippen LogP contribution is -2.58. The largest absolute Gasteiger partial charge is 0.481 e. The maximum absolute atomic E-state index is 12.8. The Labute approximate surface area is 213 Å². The quantitative estimate of drug-likeness (QED) is 0.236. The molecule has 0 saturated heterocycles. The number of anilines is 2. The fraction of sp³-hybridized carbons (Fsp3) is 0.0769. The lowest BCUT2D eigenvalue weighted by molar-refractivity contribution is -0.164. The third-order valence-corrected chi connectivity index (χ3v) is 5.90. The molecule has 0 aromatic heterocycles. The number of nitrogen functional groups attached to an aromatic ring is 2. The molecule has 2 atom stereocenters. The van der Waals surface area contributed by atoms with Crippen molar-refractivity contribution >= 4 is 40.8 Å². The standard InChI is InChI=1S/C26H20N2O10/c27-12-1-5-14(6-2-12)37-16-9-10-17-18(11-16)20(23(31)32)26(25(35)36,21(24(33)34)19(17)22(29)30)38-15-7-3-13(28)4-8-15/h1-11,20H,27-28H2,(H,29,30)(H,31,32)(H,33,34)(H,35,36). The third-order valence-electron chi connectivity index (χ3n) is 5.90. The van der Waals surface area contributed by atoms with Gasteiger partial charge in [-0.1, -0.05) is 6.07 Å². The molecule has 38 heavy (non-hydrogen) atoms. The molecule has 0 radical (unpaired) electrons. The molecule has 194 valence electrons. The Morgan fingerprint density at radius 1 is 0.711 bits per heavy atom. The lowest BCUT2D eigenvalue weighted by atomic mass is 9.67. The minimum atomic E-state index is -3.20. The van der Waals surface area contributed by atoms with Crippen LogP contribution in [0.15, 0.2) is 72.3 Å². The van der Waals surface area contributed by atoms with Crippen molar-refractivity contribution in [3.05, 3.63) is 83.4 Å². The summed E-state index contributed by atoms with van der Waals surface area (Å²) in [6.45, 7) is 0. The van der Waals surface area contributed by atoms with Crippen LogP contribution in [0.5, 0.6) is 17.2 Å². The van der Waals surface area contributed by atoms with E-state index in [1.54, 1.807) is 12.1 Å². The van der Waals surface area contributed by atoms with E-state index in [2.05, 4.69) is 0 Å². The monoisotopic (exact) mass is 520 g/mol. The van der Waals surface area contributed by atoms with E-state index in [1.807, 2.05) is 0 Å². The highest BCUT2D eigenvalue weighted by atomic mass is 16.5. The highest BCUT2D eigenvalue weighted by Crippen LogP contribution is 2.49. The van der Waals surface area contributed by atoms with Gasteiger partial charge in [-0.25, -0.2) is 14.4 Å². The number of benzene rings is 3. The predicted molar refractivity (Wildman–Crippen MR) is 132 cm³/mol. The molecule has 0 heterocycles. The number of ether oxygens (including phenoxy) is 2. The van der Waals surface area contributed by atoms with Gasteiger partial charge >= 0.3 is 23.9 Å².